The molecule has 0 aliphatic heterocycles. The molecule has 3 rings (SSSR count). The average Bonchev–Trinajstić information content (AvgIpc) is 2.80. The van der Waals surface area contributed by atoms with E-state index in [1.165, 1.54) is 23.4 Å². The van der Waals surface area contributed by atoms with E-state index in [-0.39, 0.29) is 0 Å². The van der Waals surface area contributed by atoms with Crippen LogP contribution >= 0.6 is 35.2 Å². The van der Waals surface area contributed by atoms with Crippen LogP contribution in [0.2, 0.25) is 5.02 Å². The standard InChI is InChI=1S/C14H14ClN3S2/c15-8-5-6-9(13(16)19)11(7-8)18-14-17-10-3-1-2-4-12(10)20-14/h5-7H,1-4H2,(H2,16,19)(H,17,18). The number of nitrogens with one attached hydrogen (secondary N) is 1. The SMILES string of the molecule is NC(=S)c1ccc(Cl)cc1Nc1nc2c(s1)CCCC2. The molecular weight excluding hydrogens is 310 g/mol. The number of benzene rings is 1. The van der Waals surface area contributed by atoms with E-state index >= 15 is 0 Å². The summed E-state index contributed by atoms with van der Waals surface area (Å²) in [6.45, 7) is 0. The van der Waals surface area contributed by atoms with Gasteiger partial charge in [0.05, 0.1) is 11.4 Å². The van der Waals surface area contributed by atoms with Gasteiger partial charge >= 0.3 is 0 Å². The Balaban J connectivity index is 1.92. The lowest BCUT2D eigenvalue weighted by molar-refractivity contribution is 0.683. The number of aryl methyl sites for hydroxylation is 2. The van der Waals surface area contributed by atoms with E-state index in [1.807, 2.05) is 12.1 Å². The number of anilines is 2. The summed E-state index contributed by atoms with van der Waals surface area (Å²) in [7, 11) is 0. The van der Waals surface area contributed by atoms with Crippen LogP contribution in [-0.2, 0) is 12.8 Å². The largest absolute Gasteiger partial charge is 0.389 e. The molecule has 104 valence electrons. The summed E-state index contributed by atoms with van der Waals surface area (Å²) >= 11 is 12.8. The van der Waals surface area contributed by atoms with Gasteiger partial charge in [-0.1, -0.05) is 23.8 Å². The van der Waals surface area contributed by atoms with Crippen LogP contribution in [0.15, 0.2) is 18.2 Å². The van der Waals surface area contributed by atoms with Gasteiger partial charge in [0.25, 0.3) is 0 Å². The smallest absolute Gasteiger partial charge is 0.187 e. The number of aromatic nitrogens is 1. The van der Waals surface area contributed by atoms with E-state index in [1.54, 1.807) is 17.4 Å². The molecule has 1 heterocycles. The van der Waals surface area contributed by atoms with Crippen molar-refractivity contribution >= 4 is 51.0 Å². The Hall–Kier alpha value is -1.17. The fourth-order valence-corrected chi connectivity index (χ4v) is 3.77. The predicted molar refractivity (Wildman–Crippen MR) is 89.4 cm³/mol. The fraction of sp³-hybridized carbons (Fsp3) is 0.286. The first-order valence-corrected chi connectivity index (χ1v) is 8.09. The Morgan fingerprint density at radius 2 is 2.15 bits per heavy atom. The van der Waals surface area contributed by atoms with E-state index in [2.05, 4.69) is 10.3 Å². The van der Waals surface area contributed by atoms with Gasteiger partial charge in [0.1, 0.15) is 4.99 Å². The van der Waals surface area contributed by atoms with E-state index in [0.29, 0.717) is 10.0 Å². The van der Waals surface area contributed by atoms with E-state index in [4.69, 9.17) is 29.6 Å². The van der Waals surface area contributed by atoms with Crippen LogP contribution in [0.4, 0.5) is 10.8 Å². The third-order valence-corrected chi connectivity index (χ3v) is 4.86. The molecule has 0 saturated heterocycles. The van der Waals surface area contributed by atoms with Crippen LogP contribution in [0, 0.1) is 0 Å². The molecule has 0 radical (unpaired) electrons. The summed E-state index contributed by atoms with van der Waals surface area (Å²) in [5.74, 6) is 0. The van der Waals surface area contributed by atoms with Crippen molar-refractivity contribution in [1.82, 2.24) is 4.98 Å². The molecule has 3 N–H and O–H groups in total. The third-order valence-electron chi connectivity index (χ3n) is 3.33. The lowest BCUT2D eigenvalue weighted by Gasteiger charge is -2.09. The van der Waals surface area contributed by atoms with E-state index in [9.17, 15) is 0 Å². The summed E-state index contributed by atoms with van der Waals surface area (Å²) in [4.78, 5) is 6.40. The Bertz CT molecular complexity index is 643. The second kappa shape index (κ2) is 5.68. The molecule has 1 aromatic heterocycles. The number of hydrogen-bond acceptors (Lipinski definition) is 4. The number of thiocarbonyl (C=S) groups is 1. The van der Waals surface area contributed by atoms with Crippen LogP contribution < -0.4 is 11.1 Å². The summed E-state index contributed by atoms with van der Waals surface area (Å²) < 4.78 is 0. The molecular formula is C14H14ClN3S2. The van der Waals surface area contributed by atoms with Crippen LogP contribution in [0.5, 0.6) is 0 Å². The Morgan fingerprint density at radius 1 is 1.35 bits per heavy atom. The van der Waals surface area contributed by atoms with Crippen LogP contribution in [0.25, 0.3) is 0 Å². The minimum atomic E-state index is 0.352. The molecule has 1 aliphatic carbocycles. The van der Waals surface area contributed by atoms with Gasteiger partial charge in [0, 0.05) is 15.5 Å². The number of nitrogens with two attached hydrogens (primary N) is 1. The molecule has 6 heteroatoms. The molecule has 0 saturated carbocycles. The van der Waals surface area contributed by atoms with Gasteiger partial charge in [0.15, 0.2) is 5.13 Å². The predicted octanol–water partition coefficient (Wildman–Crippen LogP) is 4.05. The molecule has 0 unspecified atom stereocenters. The maximum absolute atomic E-state index is 6.05. The minimum Gasteiger partial charge on any atom is -0.389 e. The van der Waals surface area contributed by atoms with Gasteiger partial charge < -0.3 is 11.1 Å². The normalized spacial score (nSPS) is 13.8. The lowest BCUT2D eigenvalue weighted by atomic mass is 10.0. The molecule has 0 fully saturated rings. The summed E-state index contributed by atoms with van der Waals surface area (Å²) in [6.07, 6.45) is 4.69. The molecule has 0 amide bonds. The van der Waals surface area contributed by atoms with Crippen LogP contribution in [-0.4, -0.2) is 9.97 Å². The molecule has 0 spiro atoms. The molecule has 1 aliphatic rings. The highest BCUT2D eigenvalue weighted by Crippen LogP contribution is 2.32. The Labute approximate surface area is 132 Å². The molecule has 20 heavy (non-hydrogen) atoms. The van der Waals surface area contributed by atoms with Crippen molar-refractivity contribution in [1.29, 1.82) is 0 Å². The topological polar surface area (TPSA) is 50.9 Å². The zero-order chi connectivity index (χ0) is 14.1. The molecule has 1 aromatic carbocycles. The lowest BCUT2D eigenvalue weighted by Crippen LogP contribution is -2.11. The summed E-state index contributed by atoms with van der Waals surface area (Å²) in [5, 5.41) is 4.84. The summed E-state index contributed by atoms with van der Waals surface area (Å²) in [5.41, 5.74) is 8.58. The van der Waals surface area contributed by atoms with Crippen molar-refractivity contribution in [3.8, 4) is 0 Å². The second-order valence-corrected chi connectivity index (χ2v) is 6.74. The quantitative estimate of drug-likeness (QED) is 0.837. The van der Waals surface area contributed by atoms with E-state index in [0.717, 1.165) is 29.2 Å². The van der Waals surface area contributed by atoms with Gasteiger partial charge in [0.2, 0.25) is 0 Å². The third kappa shape index (κ3) is 2.80. The van der Waals surface area contributed by atoms with Crippen molar-refractivity contribution in [2.75, 3.05) is 5.32 Å². The van der Waals surface area contributed by atoms with Crippen molar-refractivity contribution in [2.24, 2.45) is 5.73 Å². The molecule has 3 nitrogen and oxygen atoms in total. The van der Waals surface area contributed by atoms with Crippen molar-refractivity contribution in [2.45, 2.75) is 25.7 Å². The minimum absolute atomic E-state index is 0.352. The first-order chi connectivity index (χ1) is 9.63. The zero-order valence-corrected chi connectivity index (χ0v) is 13.2. The van der Waals surface area contributed by atoms with Gasteiger partial charge in [-0.3, -0.25) is 0 Å². The second-order valence-electron chi connectivity index (χ2n) is 4.78. The van der Waals surface area contributed by atoms with Gasteiger partial charge in [-0.05, 0) is 43.9 Å². The maximum atomic E-state index is 6.05. The van der Waals surface area contributed by atoms with Crippen molar-refractivity contribution in [3.63, 3.8) is 0 Å². The number of halogens is 1. The Kier molecular flexibility index (Phi) is 3.92. The van der Waals surface area contributed by atoms with Crippen LogP contribution in [0.1, 0.15) is 29.0 Å². The molecule has 0 atom stereocenters. The molecule has 2 aromatic rings. The fourth-order valence-electron chi connectivity index (χ4n) is 2.36. The maximum Gasteiger partial charge on any atom is 0.187 e. The number of nitrogens with zero attached hydrogens (tertiary/aromatic N) is 1. The van der Waals surface area contributed by atoms with Gasteiger partial charge in [-0.15, -0.1) is 11.3 Å². The van der Waals surface area contributed by atoms with Gasteiger partial charge in [-0.2, -0.15) is 0 Å². The highest BCUT2D eigenvalue weighted by Gasteiger charge is 2.16. The molecule has 0 bridgehead atoms. The number of thiazole rings is 1. The zero-order valence-electron chi connectivity index (χ0n) is 10.8. The number of rotatable bonds is 3. The Morgan fingerprint density at radius 3 is 2.90 bits per heavy atom. The average molecular weight is 324 g/mol. The van der Waals surface area contributed by atoms with Gasteiger partial charge in [-0.25, -0.2) is 4.98 Å². The number of fused-ring (bicyclic) bond motifs is 1. The monoisotopic (exact) mass is 323 g/mol. The first kappa shape index (κ1) is 13.8. The van der Waals surface area contributed by atoms with E-state index < -0.39 is 0 Å². The highest BCUT2D eigenvalue weighted by molar-refractivity contribution is 7.80. The first-order valence-electron chi connectivity index (χ1n) is 6.48. The van der Waals surface area contributed by atoms with Crippen LogP contribution in [0.3, 0.4) is 0 Å². The summed E-state index contributed by atoms with van der Waals surface area (Å²) in [6, 6.07) is 5.45. The number of hydrogen-bond donors (Lipinski definition) is 2. The highest BCUT2D eigenvalue weighted by atomic mass is 35.5. The van der Waals surface area contributed by atoms with Crippen molar-refractivity contribution < 1.29 is 0 Å². The van der Waals surface area contributed by atoms with Crippen molar-refractivity contribution in [3.05, 3.63) is 39.4 Å².